The zero-order valence-corrected chi connectivity index (χ0v) is 15.7. The molecule has 0 aliphatic carbocycles. The highest BCUT2D eigenvalue weighted by Gasteiger charge is 2.20. The van der Waals surface area contributed by atoms with Gasteiger partial charge in [-0.1, -0.05) is 35.9 Å². The van der Waals surface area contributed by atoms with Crippen LogP contribution in [0.25, 0.3) is 11.1 Å². The minimum atomic E-state index is -0.191. The molecule has 4 nitrogen and oxygen atoms in total. The summed E-state index contributed by atoms with van der Waals surface area (Å²) in [4.78, 5) is 25.9. The maximum Gasteiger partial charge on any atom is 0.253 e. The lowest BCUT2D eigenvalue weighted by Crippen LogP contribution is -2.38. The summed E-state index contributed by atoms with van der Waals surface area (Å²) in [6.07, 6.45) is 0.270. The molecule has 0 bridgehead atoms. The molecule has 0 saturated carbocycles. The van der Waals surface area contributed by atoms with Crippen molar-refractivity contribution in [2.24, 2.45) is 0 Å². The van der Waals surface area contributed by atoms with Crippen LogP contribution in [0.3, 0.4) is 0 Å². The molecule has 0 fully saturated rings. The van der Waals surface area contributed by atoms with Crippen LogP contribution in [-0.2, 0) is 4.79 Å². The Bertz CT molecular complexity index is 789. The predicted octanol–water partition coefficient (Wildman–Crippen LogP) is 3.91. The zero-order valence-electron chi connectivity index (χ0n) is 15.0. The van der Waals surface area contributed by atoms with Crippen LogP contribution in [0.5, 0.6) is 0 Å². The number of carbonyl (C=O) groups excluding carboxylic acids is 2. The smallest absolute Gasteiger partial charge is 0.253 e. The number of benzene rings is 2. The van der Waals surface area contributed by atoms with E-state index in [0.29, 0.717) is 10.6 Å². The van der Waals surface area contributed by atoms with Crippen molar-refractivity contribution in [2.75, 3.05) is 14.1 Å². The third kappa shape index (κ3) is 4.40. The lowest BCUT2D eigenvalue weighted by Gasteiger charge is -2.24. The normalized spacial score (nSPS) is 11.7. The Kier molecular flexibility index (Phi) is 6.21. The van der Waals surface area contributed by atoms with E-state index in [-0.39, 0.29) is 24.3 Å². The summed E-state index contributed by atoms with van der Waals surface area (Å²) in [5.41, 5.74) is 3.51. The number of carbonyl (C=O) groups is 2. The third-order valence-electron chi connectivity index (χ3n) is 4.43. The monoisotopic (exact) mass is 358 g/mol. The molecule has 1 N–H and O–H groups in total. The van der Waals surface area contributed by atoms with Crippen LogP contribution in [0.15, 0.2) is 42.5 Å². The second kappa shape index (κ2) is 8.17. The highest BCUT2D eigenvalue weighted by Crippen LogP contribution is 2.29. The SMILES string of the molecule is CNC(=O)C[C@H](C)N(C)C(=O)c1cccc(-c2cccc(Cl)c2C)c1. The predicted molar refractivity (Wildman–Crippen MR) is 102 cm³/mol. The first kappa shape index (κ1) is 19.0. The molecule has 25 heavy (non-hydrogen) atoms. The van der Waals surface area contributed by atoms with Crippen molar-refractivity contribution in [3.8, 4) is 11.1 Å². The van der Waals surface area contributed by atoms with E-state index >= 15 is 0 Å². The van der Waals surface area contributed by atoms with Crippen molar-refractivity contribution in [3.63, 3.8) is 0 Å². The summed E-state index contributed by atoms with van der Waals surface area (Å²) in [7, 11) is 3.31. The first-order chi connectivity index (χ1) is 11.8. The fraction of sp³-hybridized carbons (Fsp3) is 0.300. The average Bonchev–Trinajstić information content (AvgIpc) is 2.62. The maximum absolute atomic E-state index is 12.8. The van der Waals surface area contributed by atoms with E-state index in [1.54, 1.807) is 25.1 Å². The van der Waals surface area contributed by atoms with Gasteiger partial charge in [0.15, 0.2) is 0 Å². The number of amides is 2. The molecular weight excluding hydrogens is 336 g/mol. The summed E-state index contributed by atoms with van der Waals surface area (Å²) in [5.74, 6) is -0.201. The number of rotatable bonds is 5. The number of nitrogens with one attached hydrogen (secondary N) is 1. The van der Waals surface area contributed by atoms with Gasteiger partial charge in [0.1, 0.15) is 0 Å². The molecule has 2 aromatic rings. The Morgan fingerprint density at radius 3 is 2.56 bits per heavy atom. The molecule has 0 saturated heterocycles. The molecular formula is C20H23ClN2O2. The van der Waals surface area contributed by atoms with Crippen LogP contribution >= 0.6 is 11.6 Å². The molecule has 2 aromatic carbocycles. The van der Waals surface area contributed by atoms with Crippen LogP contribution in [0.2, 0.25) is 5.02 Å². The van der Waals surface area contributed by atoms with E-state index in [2.05, 4.69) is 5.32 Å². The molecule has 0 unspecified atom stereocenters. The number of hydrogen-bond donors (Lipinski definition) is 1. The van der Waals surface area contributed by atoms with Crippen molar-refractivity contribution < 1.29 is 9.59 Å². The second-order valence-electron chi connectivity index (χ2n) is 6.14. The largest absolute Gasteiger partial charge is 0.359 e. The fourth-order valence-electron chi connectivity index (χ4n) is 2.65. The zero-order chi connectivity index (χ0) is 18.6. The second-order valence-corrected chi connectivity index (χ2v) is 6.54. The van der Waals surface area contributed by atoms with Crippen molar-refractivity contribution in [3.05, 3.63) is 58.6 Å². The highest BCUT2D eigenvalue weighted by atomic mass is 35.5. The highest BCUT2D eigenvalue weighted by molar-refractivity contribution is 6.31. The van der Waals surface area contributed by atoms with Crippen molar-refractivity contribution in [1.29, 1.82) is 0 Å². The van der Waals surface area contributed by atoms with Gasteiger partial charge in [0.2, 0.25) is 5.91 Å². The fourth-order valence-corrected chi connectivity index (χ4v) is 2.83. The maximum atomic E-state index is 12.8. The molecule has 1 atom stereocenters. The summed E-state index contributed by atoms with van der Waals surface area (Å²) in [6, 6.07) is 13.0. The average molecular weight is 359 g/mol. The van der Waals surface area contributed by atoms with Crippen LogP contribution < -0.4 is 5.32 Å². The summed E-state index contributed by atoms with van der Waals surface area (Å²) in [6.45, 7) is 3.82. The molecule has 0 heterocycles. The van der Waals surface area contributed by atoms with Gasteiger partial charge in [-0.2, -0.15) is 0 Å². The van der Waals surface area contributed by atoms with Gasteiger partial charge >= 0.3 is 0 Å². The standard InChI is InChI=1S/C20H23ClN2O2/c1-13(11-19(24)22-3)23(4)20(25)16-8-5-7-15(12-16)17-9-6-10-18(21)14(17)2/h5-10,12-13H,11H2,1-4H3,(H,22,24)/t13-/m0/s1. The molecule has 2 amide bonds. The van der Waals surface area contributed by atoms with Crippen LogP contribution in [-0.4, -0.2) is 36.9 Å². The first-order valence-corrected chi connectivity index (χ1v) is 8.56. The summed E-state index contributed by atoms with van der Waals surface area (Å²) < 4.78 is 0. The van der Waals surface area contributed by atoms with Crippen molar-refractivity contribution >= 4 is 23.4 Å². The Labute approximate surface area is 153 Å². The van der Waals surface area contributed by atoms with E-state index < -0.39 is 0 Å². The molecule has 0 aliphatic rings. The van der Waals surface area contributed by atoms with Gasteiger partial charge in [0.05, 0.1) is 0 Å². The first-order valence-electron chi connectivity index (χ1n) is 8.18. The Balaban J connectivity index is 2.27. The van der Waals surface area contributed by atoms with E-state index in [1.807, 2.05) is 50.2 Å². The van der Waals surface area contributed by atoms with Gasteiger partial charge in [0.25, 0.3) is 5.91 Å². The topological polar surface area (TPSA) is 49.4 Å². The van der Waals surface area contributed by atoms with E-state index in [9.17, 15) is 9.59 Å². The molecule has 0 spiro atoms. The Morgan fingerprint density at radius 1 is 1.20 bits per heavy atom. The lowest BCUT2D eigenvalue weighted by atomic mass is 9.98. The van der Waals surface area contributed by atoms with Crippen LogP contribution in [0.1, 0.15) is 29.3 Å². The number of halogens is 1. The van der Waals surface area contributed by atoms with Gasteiger partial charge in [-0.25, -0.2) is 0 Å². The molecule has 2 rings (SSSR count). The van der Waals surface area contributed by atoms with Crippen molar-refractivity contribution in [2.45, 2.75) is 26.3 Å². The Morgan fingerprint density at radius 2 is 1.88 bits per heavy atom. The van der Waals surface area contributed by atoms with E-state index in [1.165, 1.54) is 0 Å². The van der Waals surface area contributed by atoms with Gasteiger partial charge < -0.3 is 10.2 Å². The molecule has 132 valence electrons. The molecule has 0 radical (unpaired) electrons. The van der Waals surface area contributed by atoms with Gasteiger partial charge in [-0.05, 0) is 48.7 Å². The van der Waals surface area contributed by atoms with Crippen LogP contribution in [0.4, 0.5) is 0 Å². The minimum Gasteiger partial charge on any atom is -0.359 e. The van der Waals surface area contributed by atoms with Crippen molar-refractivity contribution in [1.82, 2.24) is 10.2 Å². The van der Waals surface area contributed by atoms with Gasteiger partial charge in [-0.15, -0.1) is 0 Å². The molecule has 0 aliphatic heterocycles. The number of hydrogen-bond acceptors (Lipinski definition) is 2. The van der Waals surface area contributed by atoms with Gasteiger partial charge in [0, 0.05) is 37.1 Å². The summed E-state index contributed by atoms with van der Waals surface area (Å²) >= 11 is 6.21. The molecule has 0 aromatic heterocycles. The van der Waals surface area contributed by atoms with E-state index in [0.717, 1.165) is 16.7 Å². The molecule has 5 heteroatoms. The number of nitrogens with zero attached hydrogens (tertiary/aromatic N) is 1. The lowest BCUT2D eigenvalue weighted by molar-refractivity contribution is -0.121. The Hall–Kier alpha value is -2.33. The third-order valence-corrected chi connectivity index (χ3v) is 4.84. The van der Waals surface area contributed by atoms with E-state index in [4.69, 9.17) is 11.6 Å². The summed E-state index contributed by atoms with van der Waals surface area (Å²) in [5, 5.41) is 3.28. The van der Waals surface area contributed by atoms with Crippen LogP contribution in [0, 0.1) is 6.92 Å². The minimum absolute atomic E-state index is 0.0875. The quantitative estimate of drug-likeness (QED) is 0.880. The van der Waals surface area contributed by atoms with Gasteiger partial charge in [-0.3, -0.25) is 9.59 Å².